The highest BCUT2D eigenvalue weighted by Crippen LogP contribution is 2.11. The van der Waals surface area contributed by atoms with Crippen molar-refractivity contribution in [1.82, 2.24) is 4.90 Å². The van der Waals surface area contributed by atoms with Gasteiger partial charge in [-0.25, -0.2) is 0 Å². The average Bonchev–Trinajstić information content (AvgIpc) is 2.50. The van der Waals surface area contributed by atoms with Gasteiger partial charge in [0.25, 0.3) is 0 Å². The van der Waals surface area contributed by atoms with Crippen LogP contribution in [0.15, 0.2) is 30.3 Å². The van der Waals surface area contributed by atoms with E-state index in [4.69, 9.17) is 16.3 Å². The van der Waals surface area contributed by atoms with Crippen molar-refractivity contribution in [2.45, 2.75) is 25.6 Å². The van der Waals surface area contributed by atoms with Crippen molar-refractivity contribution >= 4 is 17.4 Å². The fourth-order valence-corrected chi connectivity index (χ4v) is 2.15. The molecule has 0 fully saturated rings. The molecule has 112 valence electrons. The minimum absolute atomic E-state index is 0.0281. The van der Waals surface area contributed by atoms with Gasteiger partial charge in [-0.1, -0.05) is 44.2 Å². The molecule has 0 heterocycles. The van der Waals surface area contributed by atoms with Crippen LogP contribution in [0, 0.1) is 0 Å². The predicted octanol–water partition coefficient (Wildman–Crippen LogP) is 3.23. The van der Waals surface area contributed by atoms with Gasteiger partial charge in [0.1, 0.15) is 0 Å². The molecule has 0 aliphatic rings. The van der Waals surface area contributed by atoms with Gasteiger partial charge >= 0.3 is 0 Å². The molecular formula is C16H24ClNO2. The van der Waals surface area contributed by atoms with Crippen LogP contribution in [-0.2, 0) is 4.74 Å². The summed E-state index contributed by atoms with van der Waals surface area (Å²) in [4.78, 5) is 14.3. The van der Waals surface area contributed by atoms with Crippen LogP contribution in [0.3, 0.4) is 0 Å². The summed E-state index contributed by atoms with van der Waals surface area (Å²) in [5, 5.41) is -0.508. The topological polar surface area (TPSA) is 29.5 Å². The van der Waals surface area contributed by atoms with Gasteiger partial charge in [-0.15, -0.1) is 11.6 Å². The van der Waals surface area contributed by atoms with Crippen molar-refractivity contribution in [3.8, 4) is 0 Å². The molecule has 0 spiro atoms. The molecule has 0 aliphatic carbocycles. The lowest BCUT2D eigenvalue weighted by Gasteiger charge is -2.17. The van der Waals surface area contributed by atoms with Gasteiger partial charge in [0.15, 0.2) is 5.78 Å². The van der Waals surface area contributed by atoms with E-state index < -0.39 is 5.38 Å². The number of alkyl halides is 1. The quantitative estimate of drug-likeness (QED) is 0.377. The third-order valence-electron chi connectivity index (χ3n) is 3.30. The first kappa shape index (κ1) is 17.2. The summed E-state index contributed by atoms with van der Waals surface area (Å²) in [5.74, 6) is -0.0281. The number of Topliss-reactive ketones (excluding diaryl/α,β-unsaturated/α-hetero) is 1. The van der Waals surface area contributed by atoms with Gasteiger partial charge in [0.05, 0.1) is 12.0 Å². The van der Waals surface area contributed by atoms with Crippen LogP contribution in [-0.4, -0.2) is 48.9 Å². The molecule has 0 bridgehead atoms. The normalized spacial score (nSPS) is 12.6. The number of rotatable bonds is 10. The van der Waals surface area contributed by atoms with Crippen LogP contribution in [0.25, 0.3) is 0 Å². The number of hydrogen-bond acceptors (Lipinski definition) is 3. The Morgan fingerprint density at radius 1 is 1.20 bits per heavy atom. The fraction of sp³-hybridized carbons (Fsp3) is 0.562. The molecule has 0 radical (unpaired) electrons. The molecule has 1 atom stereocenters. The summed E-state index contributed by atoms with van der Waals surface area (Å²) in [6.45, 7) is 8.47. The molecule has 1 aromatic carbocycles. The van der Waals surface area contributed by atoms with E-state index in [1.807, 2.05) is 18.2 Å². The van der Waals surface area contributed by atoms with E-state index in [0.717, 1.165) is 19.6 Å². The van der Waals surface area contributed by atoms with Gasteiger partial charge in [-0.3, -0.25) is 4.79 Å². The second-order valence-electron chi connectivity index (χ2n) is 4.63. The molecule has 0 aromatic heterocycles. The molecule has 0 saturated carbocycles. The van der Waals surface area contributed by atoms with Crippen molar-refractivity contribution in [3.63, 3.8) is 0 Å². The van der Waals surface area contributed by atoms with Crippen LogP contribution >= 0.6 is 11.6 Å². The number of ketones is 1. The largest absolute Gasteiger partial charge is 0.380 e. The van der Waals surface area contributed by atoms with Gasteiger partial charge in [-0.2, -0.15) is 0 Å². The van der Waals surface area contributed by atoms with Gasteiger partial charge in [0.2, 0.25) is 0 Å². The monoisotopic (exact) mass is 297 g/mol. The van der Waals surface area contributed by atoms with E-state index in [1.54, 1.807) is 12.1 Å². The van der Waals surface area contributed by atoms with Crippen molar-refractivity contribution in [1.29, 1.82) is 0 Å². The molecular weight excluding hydrogens is 274 g/mol. The van der Waals surface area contributed by atoms with E-state index in [9.17, 15) is 4.79 Å². The maximum Gasteiger partial charge on any atom is 0.180 e. The summed E-state index contributed by atoms with van der Waals surface area (Å²) in [7, 11) is 0. The Morgan fingerprint density at radius 2 is 1.85 bits per heavy atom. The highest BCUT2D eigenvalue weighted by Gasteiger charge is 2.16. The summed E-state index contributed by atoms with van der Waals surface area (Å²) in [6, 6.07) is 9.16. The SMILES string of the molecule is CCN(CC)CCOCCC(Cl)C(=O)c1ccccc1. The Hall–Kier alpha value is -0.900. The molecule has 0 N–H and O–H groups in total. The first-order chi connectivity index (χ1) is 9.69. The Labute approximate surface area is 126 Å². The third kappa shape index (κ3) is 6.04. The average molecular weight is 298 g/mol. The summed E-state index contributed by atoms with van der Waals surface area (Å²) >= 11 is 6.12. The zero-order valence-corrected chi connectivity index (χ0v) is 13.1. The predicted molar refractivity (Wildman–Crippen MR) is 83.6 cm³/mol. The Bertz CT molecular complexity index is 379. The van der Waals surface area contributed by atoms with E-state index >= 15 is 0 Å². The number of halogens is 1. The Balaban J connectivity index is 2.20. The summed E-state index contributed by atoms with van der Waals surface area (Å²) < 4.78 is 5.55. The third-order valence-corrected chi connectivity index (χ3v) is 3.72. The number of carbonyl (C=O) groups excluding carboxylic acids is 1. The van der Waals surface area contributed by atoms with Gasteiger partial charge < -0.3 is 9.64 Å². The molecule has 4 heteroatoms. The van der Waals surface area contributed by atoms with Crippen LogP contribution in [0.1, 0.15) is 30.6 Å². The second kappa shape index (κ2) is 9.92. The molecule has 0 aliphatic heterocycles. The van der Waals surface area contributed by atoms with E-state index in [0.29, 0.717) is 25.2 Å². The van der Waals surface area contributed by atoms with Crippen molar-refractivity contribution in [3.05, 3.63) is 35.9 Å². The highest BCUT2D eigenvalue weighted by atomic mass is 35.5. The maximum absolute atomic E-state index is 12.0. The molecule has 1 aromatic rings. The van der Waals surface area contributed by atoms with E-state index in [-0.39, 0.29) is 5.78 Å². The first-order valence-corrected chi connectivity index (χ1v) is 7.66. The smallest absolute Gasteiger partial charge is 0.180 e. The van der Waals surface area contributed by atoms with Crippen LogP contribution in [0.2, 0.25) is 0 Å². The number of nitrogens with zero attached hydrogens (tertiary/aromatic N) is 1. The number of carbonyl (C=O) groups is 1. The first-order valence-electron chi connectivity index (χ1n) is 7.22. The lowest BCUT2D eigenvalue weighted by Crippen LogP contribution is -2.27. The molecule has 0 amide bonds. The molecule has 0 saturated heterocycles. The van der Waals surface area contributed by atoms with Crippen molar-refractivity contribution < 1.29 is 9.53 Å². The number of hydrogen-bond donors (Lipinski definition) is 0. The summed E-state index contributed by atoms with van der Waals surface area (Å²) in [5.41, 5.74) is 0.663. The minimum atomic E-state index is -0.508. The summed E-state index contributed by atoms with van der Waals surface area (Å²) in [6.07, 6.45) is 0.549. The standard InChI is InChI=1S/C16H24ClNO2/c1-3-18(4-2)11-13-20-12-10-15(17)16(19)14-8-6-5-7-9-14/h5-9,15H,3-4,10-13H2,1-2H3. The number of likely N-dealkylation sites (N-methyl/N-ethyl adjacent to an activating group) is 1. The Morgan fingerprint density at radius 3 is 2.45 bits per heavy atom. The number of benzene rings is 1. The van der Waals surface area contributed by atoms with Gasteiger partial charge in [0, 0.05) is 18.7 Å². The molecule has 1 rings (SSSR count). The zero-order chi connectivity index (χ0) is 14.8. The fourth-order valence-electron chi connectivity index (χ4n) is 1.94. The second-order valence-corrected chi connectivity index (χ2v) is 5.15. The lowest BCUT2D eigenvalue weighted by molar-refractivity contribution is 0.0903. The minimum Gasteiger partial charge on any atom is -0.380 e. The maximum atomic E-state index is 12.0. The van der Waals surface area contributed by atoms with E-state index in [2.05, 4.69) is 18.7 Å². The van der Waals surface area contributed by atoms with Crippen molar-refractivity contribution in [2.75, 3.05) is 32.8 Å². The Kier molecular flexibility index (Phi) is 8.51. The van der Waals surface area contributed by atoms with Crippen LogP contribution in [0.4, 0.5) is 0 Å². The number of ether oxygens (including phenoxy) is 1. The van der Waals surface area contributed by atoms with Crippen LogP contribution in [0.5, 0.6) is 0 Å². The molecule has 3 nitrogen and oxygen atoms in total. The van der Waals surface area contributed by atoms with Gasteiger partial charge in [-0.05, 0) is 19.5 Å². The highest BCUT2D eigenvalue weighted by molar-refractivity contribution is 6.33. The van der Waals surface area contributed by atoms with Crippen LogP contribution < -0.4 is 0 Å². The van der Waals surface area contributed by atoms with Crippen molar-refractivity contribution in [2.24, 2.45) is 0 Å². The zero-order valence-electron chi connectivity index (χ0n) is 12.3. The lowest BCUT2D eigenvalue weighted by atomic mass is 10.1. The van der Waals surface area contributed by atoms with E-state index in [1.165, 1.54) is 0 Å². The molecule has 1 unspecified atom stereocenters. The molecule has 20 heavy (non-hydrogen) atoms.